The van der Waals surface area contributed by atoms with E-state index in [1.165, 1.54) is 37.6 Å². The molecule has 4 heterocycles. The van der Waals surface area contributed by atoms with Gasteiger partial charge in [0, 0.05) is 17.1 Å². The first-order chi connectivity index (χ1) is 16.5. The van der Waals surface area contributed by atoms with E-state index in [9.17, 15) is 9.50 Å². The maximum Gasteiger partial charge on any atom is 0.318 e. The van der Waals surface area contributed by atoms with Crippen LogP contribution in [0.1, 0.15) is 12.0 Å². The molecule has 0 saturated carbocycles. The van der Waals surface area contributed by atoms with Crippen molar-refractivity contribution in [2.24, 2.45) is 0 Å². The van der Waals surface area contributed by atoms with Crippen molar-refractivity contribution in [1.82, 2.24) is 15.0 Å². The van der Waals surface area contributed by atoms with Gasteiger partial charge in [-0.3, -0.25) is 4.98 Å². The van der Waals surface area contributed by atoms with Gasteiger partial charge in [-0.15, -0.1) is 6.42 Å². The Morgan fingerprint density at radius 3 is 2.71 bits per heavy atom. The minimum Gasteiger partial charge on any atom is -0.508 e. The molecule has 2 unspecified atom stereocenters. The van der Waals surface area contributed by atoms with E-state index >= 15 is 4.39 Å². The third kappa shape index (κ3) is 2.89. The van der Waals surface area contributed by atoms with Crippen LogP contribution < -0.4 is 9.64 Å². The lowest BCUT2D eigenvalue weighted by Gasteiger charge is -2.53. The fraction of sp³-hybridized carbons (Fsp3) is 0.240. The molecule has 2 saturated heterocycles. The van der Waals surface area contributed by atoms with Gasteiger partial charge in [0.2, 0.25) is 0 Å². The predicted molar refractivity (Wildman–Crippen MR) is 122 cm³/mol. The van der Waals surface area contributed by atoms with Gasteiger partial charge in [0.1, 0.15) is 28.6 Å². The number of hydrogen-bond acceptors (Lipinski definition) is 7. The third-order valence-corrected chi connectivity index (χ3v) is 6.47. The second-order valence-electron chi connectivity index (χ2n) is 8.36. The quantitative estimate of drug-likeness (QED) is 0.466. The number of anilines is 1. The Morgan fingerprint density at radius 2 is 2.00 bits per heavy atom. The van der Waals surface area contributed by atoms with Gasteiger partial charge in [0.05, 0.1) is 43.4 Å². The van der Waals surface area contributed by atoms with E-state index in [0.717, 1.165) is 6.42 Å². The van der Waals surface area contributed by atoms with Crippen LogP contribution in [0.15, 0.2) is 30.5 Å². The van der Waals surface area contributed by atoms with Gasteiger partial charge in [0.25, 0.3) is 0 Å². The molecule has 0 amide bonds. The number of ether oxygens (including phenoxy) is 2. The molecule has 2 aromatic carbocycles. The molecule has 2 atom stereocenters. The molecule has 2 bridgehead atoms. The molecule has 7 nitrogen and oxygen atoms in total. The van der Waals surface area contributed by atoms with Gasteiger partial charge in [-0.1, -0.05) is 12.0 Å². The van der Waals surface area contributed by atoms with E-state index in [4.69, 9.17) is 15.9 Å². The normalized spacial score (nSPS) is 19.2. The van der Waals surface area contributed by atoms with E-state index in [0.29, 0.717) is 29.8 Å². The second-order valence-corrected chi connectivity index (χ2v) is 8.36. The molecule has 2 fully saturated rings. The number of pyridine rings is 1. The zero-order valence-electron chi connectivity index (χ0n) is 18.0. The first-order valence-electron chi connectivity index (χ1n) is 10.7. The van der Waals surface area contributed by atoms with Crippen molar-refractivity contribution >= 4 is 27.5 Å². The lowest BCUT2D eigenvalue weighted by atomic mass is 9.91. The number of aromatic hydroxyl groups is 1. The number of terminal acetylenes is 1. The predicted octanol–water partition coefficient (Wildman–Crippen LogP) is 3.80. The molecule has 34 heavy (non-hydrogen) atoms. The Labute approximate surface area is 193 Å². The lowest BCUT2D eigenvalue weighted by Crippen LogP contribution is -2.64. The van der Waals surface area contributed by atoms with Crippen LogP contribution in [0.25, 0.3) is 32.9 Å². The highest BCUT2D eigenvalue weighted by atomic mass is 19.1. The standard InChI is InChI=1S/C25H18F2N4O3/c1-3-16-19(26)5-4-12-6-15(32)8-17(20(12)16)22-21(27)23-18(9-28-22)24(30-25(29-23)33-2)31-13-7-14(31)11-34-10-13/h1,4-6,8-9,13-14,32H,7,10-11H2,2H3. The highest BCUT2D eigenvalue weighted by molar-refractivity contribution is 6.03. The number of methoxy groups -OCH3 is 1. The molecule has 0 radical (unpaired) electrons. The number of rotatable bonds is 3. The average Bonchev–Trinajstić information content (AvgIpc) is 2.84. The van der Waals surface area contributed by atoms with E-state index in [1.807, 2.05) is 0 Å². The van der Waals surface area contributed by atoms with Crippen LogP contribution in [0.3, 0.4) is 0 Å². The Hall–Kier alpha value is -4.03. The molecule has 9 heteroatoms. The van der Waals surface area contributed by atoms with Crippen molar-refractivity contribution in [2.45, 2.75) is 18.5 Å². The summed E-state index contributed by atoms with van der Waals surface area (Å²) < 4.78 is 41.4. The number of aromatic nitrogens is 3. The number of morpholine rings is 1. The van der Waals surface area contributed by atoms with E-state index in [2.05, 4.69) is 25.8 Å². The monoisotopic (exact) mass is 460 g/mol. The summed E-state index contributed by atoms with van der Waals surface area (Å²) in [4.78, 5) is 15.2. The zero-order chi connectivity index (χ0) is 23.6. The summed E-state index contributed by atoms with van der Waals surface area (Å²) in [6, 6.07) is 5.73. The van der Waals surface area contributed by atoms with Crippen molar-refractivity contribution in [2.75, 3.05) is 25.2 Å². The van der Waals surface area contributed by atoms with Crippen molar-refractivity contribution < 1.29 is 23.4 Å². The van der Waals surface area contributed by atoms with Crippen molar-refractivity contribution in [1.29, 1.82) is 0 Å². The molecule has 1 N–H and O–H groups in total. The molecule has 2 aliphatic heterocycles. The van der Waals surface area contributed by atoms with Crippen molar-refractivity contribution in [3.8, 4) is 35.4 Å². The summed E-state index contributed by atoms with van der Waals surface area (Å²) in [5, 5.41) is 11.4. The largest absolute Gasteiger partial charge is 0.508 e. The van der Waals surface area contributed by atoms with Crippen LogP contribution in [-0.4, -0.2) is 52.5 Å². The van der Waals surface area contributed by atoms with Gasteiger partial charge in [-0.05, 0) is 30.0 Å². The summed E-state index contributed by atoms with van der Waals surface area (Å²) in [6.07, 6.45) is 8.03. The number of fused-ring (bicyclic) bond motifs is 4. The number of benzene rings is 2. The zero-order valence-corrected chi connectivity index (χ0v) is 18.0. The van der Waals surface area contributed by atoms with E-state index in [1.54, 1.807) is 0 Å². The molecule has 170 valence electrons. The molecule has 6 rings (SSSR count). The smallest absolute Gasteiger partial charge is 0.318 e. The van der Waals surface area contributed by atoms with Gasteiger partial charge >= 0.3 is 6.01 Å². The molecular formula is C25H18F2N4O3. The third-order valence-electron chi connectivity index (χ3n) is 6.47. The van der Waals surface area contributed by atoms with Crippen LogP contribution >= 0.6 is 0 Å². The fourth-order valence-corrected chi connectivity index (χ4v) is 4.93. The number of nitrogens with zero attached hydrogens (tertiary/aromatic N) is 4. The number of halogens is 2. The van der Waals surface area contributed by atoms with E-state index in [-0.39, 0.29) is 51.6 Å². The lowest BCUT2D eigenvalue weighted by molar-refractivity contribution is 0.00984. The SMILES string of the molecule is C#Cc1c(F)ccc2cc(O)cc(-c3ncc4c(N5C6COCC5C6)nc(OC)nc4c3F)c12. The van der Waals surface area contributed by atoms with Gasteiger partial charge in [-0.2, -0.15) is 9.97 Å². The summed E-state index contributed by atoms with van der Waals surface area (Å²) in [6.45, 7) is 1.13. The molecule has 0 aliphatic carbocycles. The van der Waals surface area contributed by atoms with Crippen LogP contribution in [0, 0.1) is 24.0 Å². The van der Waals surface area contributed by atoms with Crippen LogP contribution in [0.4, 0.5) is 14.6 Å². The van der Waals surface area contributed by atoms with Crippen molar-refractivity contribution in [3.63, 3.8) is 0 Å². The fourth-order valence-electron chi connectivity index (χ4n) is 4.93. The molecule has 2 aliphatic rings. The van der Waals surface area contributed by atoms with Crippen LogP contribution in [0.5, 0.6) is 11.8 Å². The van der Waals surface area contributed by atoms with E-state index < -0.39 is 11.6 Å². The maximum atomic E-state index is 16.0. The Kier molecular flexibility index (Phi) is 4.54. The first-order valence-corrected chi connectivity index (χ1v) is 10.7. The van der Waals surface area contributed by atoms with Gasteiger partial charge in [-0.25, -0.2) is 8.78 Å². The highest BCUT2D eigenvalue weighted by Crippen LogP contribution is 2.41. The van der Waals surface area contributed by atoms with Crippen LogP contribution in [-0.2, 0) is 4.74 Å². The second kappa shape index (κ2) is 7.50. The highest BCUT2D eigenvalue weighted by Gasteiger charge is 2.44. The van der Waals surface area contributed by atoms with Gasteiger partial charge in [0.15, 0.2) is 5.82 Å². The van der Waals surface area contributed by atoms with Crippen LogP contribution in [0.2, 0.25) is 0 Å². The number of phenols is 1. The minimum atomic E-state index is -0.750. The Bertz CT molecular complexity index is 1520. The summed E-state index contributed by atoms with van der Waals surface area (Å²) in [7, 11) is 1.41. The van der Waals surface area contributed by atoms with Gasteiger partial charge < -0.3 is 19.5 Å². The first kappa shape index (κ1) is 20.6. The maximum absolute atomic E-state index is 16.0. The molecule has 2 aromatic heterocycles. The topological polar surface area (TPSA) is 80.6 Å². The Morgan fingerprint density at radius 1 is 1.21 bits per heavy atom. The summed E-state index contributed by atoms with van der Waals surface area (Å²) in [5.41, 5.74) is 0.0144. The Balaban J connectivity index is 1.62. The molecule has 4 aromatic rings. The average molecular weight is 460 g/mol. The molecule has 0 spiro atoms. The summed E-state index contributed by atoms with van der Waals surface area (Å²) in [5.74, 6) is 1.36. The number of hydrogen-bond donors (Lipinski definition) is 1. The number of phenolic OH excluding ortho intramolecular Hbond substituents is 1. The summed E-state index contributed by atoms with van der Waals surface area (Å²) >= 11 is 0. The minimum absolute atomic E-state index is 0.00731. The molecular weight excluding hydrogens is 442 g/mol. The van der Waals surface area contributed by atoms with Crippen molar-refractivity contribution in [3.05, 3.63) is 47.7 Å².